The second-order valence-corrected chi connectivity index (χ2v) is 6.12. The van der Waals surface area contributed by atoms with Crippen LogP contribution >= 0.6 is 11.6 Å². The van der Waals surface area contributed by atoms with E-state index in [0.717, 1.165) is 0 Å². The Morgan fingerprint density at radius 1 is 1.23 bits per heavy atom. The average Bonchev–Trinajstić information content (AvgIpc) is 3.07. The molecule has 2 amide bonds. The van der Waals surface area contributed by atoms with Gasteiger partial charge < -0.3 is 15.5 Å². The smallest absolute Gasteiger partial charge is 0.268 e. The van der Waals surface area contributed by atoms with Crippen LogP contribution in [0.5, 0.6) is 0 Å². The Bertz CT molecular complexity index is 901. The number of hydrogen-bond donors (Lipinski definition) is 2. The van der Waals surface area contributed by atoms with Crippen LogP contribution in [0.1, 0.15) is 18.9 Å². The van der Waals surface area contributed by atoms with Crippen molar-refractivity contribution in [2.75, 3.05) is 10.6 Å². The number of anilines is 2. The molecular weight excluding hydrogens is 361 g/mol. The quantitative estimate of drug-likeness (QED) is 0.857. The monoisotopic (exact) mass is 375 g/mol. The zero-order chi connectivity index (χ0) is 18.7. The molecule has 2 aromatic carbocycles. The van der Waals surface area contributed by atoms with Gasteiger partial charge in [0.15, 0.2) is 0 Å². The molecular formula is C18H15ClFN3O3. The van der Waals surface area contributed by atoms with Crippen molar-refractivity contribution in [2.24, 2.45) is 5.16 Å². The van der Waals surface area contributed by atoms with E-state index in [1.54, 1.807) is 30.3 Å². The molecule has 0 aliphatic carbocycles. The van der Waals surface area contributed by atoms with E-state index in [0.29, 0.717) is 27.7 Å². The number of hydrogen-bond acceptors (Lipinski definition) is 4. The third-order valence-corrected chi connectivity index (χ3v) is 3.99. The third-order valence-electron chi connectivity index (χ3n) is 3.66. The Labute approximate surface area is 154 Å². The topological polar surface area (TPSA) is 79.8 Å². The molecule has 1 atom stereocenters. The van der Waals surface area contributed by atoms with Crippen LogP contribution in [-0.2, 0) is 14.4 Å². The summed E-state index contributed by atoms with van der Waals surface area (Å²) >= 11 is 6.09. The van der Waals surface area contributed by atoms with Crippen LogP contribution in [0.2, 0.25) is 5.02 Å². The van der Waals surface area contributed by atoms with E-state index in [9.17, 15) is 14.0 Å². The van der Waals surface area contributed by atoms with E-state index >= 15 is 0 Å². The molecule has 1 aliphatic heterocycles. The lowest BCUT2D eigenvalue weighted by Gasteiger charge is -2.12. The summed E-state index contributed by atoms with van der Waals surface area (Å²) < 4.78 is 13.3. The molecule has 0 spiro atoms. The van der Waals surface area contributed by atoms with Crippen LogP contribution in [0.3, 0.4) is 0 Å². The normalized spacial score (nSPS) is 15.8. The van der Waals surface area contributed by atoms with E-state index in [-0.39, 0.29) is 18.1 Å². The molecule has 0 saturated carbocycles. The molecule has 0 saturated heterocycles. The Hall–Kier alpha value is -2.93. The molecule has 3 rings (SSSR count). The lowest BCUT2D eigenvalue weighted by atomic mass is 10.0. The highest BCUT2D eigenvalue weighted by atomic mass is 35.5. The van der Waals surface area contributed by atoms with Crippen molar-refractivity contribution in [1.29, 1.82) is 0 Å². The fourth-order valence-corrected chi connectivity index (χ4v) is 2.64. The molecule has 134 valence electrons. The van der Waals surface area contributed by atoms with Gasteiger partial charge in [-0.25, -0.2) is 4.39 Å². The van der Waals surface area contributed by atoms with Crippen molar-refractivity contribution in [3.05, 3.63) is 58.9 Å². The largest absolute Gasteiger partial charge is 0.382 e. The predicted octanol–water partition coefficient (Wildman–Crippen LogP) is 3.57. The number of carbonyl (C=O) groups is 2. The van der Waals surface area contributed by atoms with Gasteiger partial charge in [0.25, 0.3) is 5.91 Å². The molecule has 1 heterocycles. The minimum absolute atomic E-state index is 0.207. The standard InChI is InChI=1S/C18H15ClFN3O3/c1-10(24)21-13-5-6-14(19)16(8-13)22-18(25)17-9-15(23-26-17)11-3-2-4-12(20)7-11/h2-8,17H,9H2,1H3,(H,21,24)(H,22,25)/t17-/m1/s1. The maximum atomic E-state index is 13.3. The molecule has 0 aromatic heterocycles. The summed E-state index contributed by atoms with van der Waals surface area (Å²) in [6, 6.07) is 10.6. The van der Waals surface area contributed by atoms with E-state index in [1.165, 1.54) is 19.1 Å². The highest BCUT2D eigenvalue weighted by molar-refractivity contribution is 6.34. The summed E-state index contributed by atoms with van der Waals surface area (Å²) in [6.45, 7) is 1.38. The first-order chi connectivity index (χ1) is 12.4. The number of amides is 2. The molecule has 26 heavy (non-hydrogen) atoms. The summed E-state index contributed by atoms with van der Waals surface area (Å²) in [7, 11) is 0. The number of halogens is 2. The van der Waals surface area contributed by atoms with Gasteiger partial charge in [-0.05, 0) is 30.3 Å². The van der Waals surface area contributed by atoms with Crippen LogP contribution in [0.25, 0.3) is 0 Å². The lowest BCUT2D eigenvalue weighted by molar-refractivity contribution is -0.125. The van der Waals surface area contributed by atoms with Gasteiger partial charge >= 0.3 is 0 Å². The van der Waals surface area contributed by atoms with Gasteiger partial charge in [-0.15, -0.1) is 0 Å². The van der Waals surface area contributed by atoms with Crippen molar-refractivity contribution in [2.45, 2.75) is 19.4 Å². The molecule has 1 aliphatic rings. The zero-order valence-electron chi connectivity index (χ0n) is 13.8. The summed E-state index contributed by atoms with van der Waals surface area (Å²) in [5.41, 5.74) is 1.89. The SMILES string of the molecule is CC(=O)Nc1ccc(Cl)c(NC(=O)[C@H]2CC(c3cccc(F)c3)=NO2)c1. The molecule has 0 bridgehead atoms. The van der Waals surface area contributed by atoms with Gasteiger partial charge in [-0.3, -0.25) is 9.59 Å². The number of nitrogens with zero attached hydrogens (tertiary/aromatic N) is 1. The van der Waals surface area contributed by atoms with Crippen LogP contribution in [0.4, 0.5) is 15.8 Å². The third kappa shape index (κ3) is 4.18. The van der Waals surface area contributed by atoms with Gasteiger partial charge in [0.1, 0.15) is 5.82 Å². The van der Waals surface area contributed by atoms with Gasteiger partial charge in [0, 0.05) is 24.6 Å². The van der Waals surface area contributed by atoms with Crippen molar-refractivity contribution >= 4 is 40.5 Å². The molecule has 0 fully saturated rings. The lowest BCUT2D eigenvalue weighted by Crippen LogP contribution is -2.28. The van der Waals surface area contributed by atoms with Gasteiger partial charge in [0.05, 0.1) is 16.4 Å². The maximum absolute atomic E-state index is 13.3. The maximum Gasteiger partial charge on any atom is 0.268 e. The Morgan fingerprint density at radius 2 is 2.04 bits per heavy atom. The van der Waals surface area contributed by atoms with Crippen molar-refractivity contribution in [3.8, 4) is 0 Å². The van der Waals surface area contributed by atoms with Crippen LogP contribution < -0.4 is 10.6 Å². The second-order valence-electron chi connectivity index (χ2n) is 5.71. The van der Waals surface area contributed by atoms with Crippen molar-refractivity contribution in [3.63, 3.8) is 0 Å². The number of benzene rings is 2. The predicted molar refractivity (Wildman–Crippen MR) is 96.8 cm³/mol. The first-order valence-corrected chi connectivity index (χ1v) is 8.17. The Balaban J connectivity index is 1.67. The van der Waals surface area contributed by atoms with Crippen LogP contribution in [0.15, 0.2) is 47.6 Å². The van der Waals surface area contributed by atoms with E-state index in [4.69, 9.17) is 16.4 Å². The molecule has 6 nitrogen and oxygen atoms in total. The van der Waals surface area contributed by atoms with Crippen molar-refractivity contribution in [1.82, 2.24) is 0 Å². The van der Waals surface area contributed by atoms with Gasteiger partial charge in [-0.2, -0.15) is 0 Å². The number of rotatable bonds is 4. The van der Waals surface area contributed by atoms with Gasteiger partial charge in [0.2, 0.25) is 12.0 Å². The fraction of sp³-hybridized carbons (Fsp3) is 0.167. The Kier molecular flexibility index (Phi) is 5.18. The zero-order valence-corrected chi connectivity index (χ0v) is 14.5. The Morgan fingerprint density at radius 3 is 2.77 bits per heavy atom. The second kappa shape index (κ2) is 7.53. The molecule has 2 N–H and O–H groups in total. The van der Waals surface area contributed by atoms with Crippen LogP contribution in [-0.4, -0.2) is 23.6 Å². The van der Waals surface area contributed by atoms with Gasteiger partial charge in [-0.1, -0.05) is 28.9 Å². The minimum Gasteiger partial charge on any atom is -0.382 e. The number of oxime groups is 1. The summed E-state index contributed by atoms with van der Waals surface area (Å²) in [5, 5.41) is 9.45. The van der Waals surface area contributed by atoms with Crippen LogP contribution in [0, 0.1) is 5.82 Å². The summed E-state index contributed by atoms with van der Waals surface area (Å²) in [4.78, 5) is 28.7. The van der Waals surface area contributed by atoms with E-state index in [2.05, 4.69) is 15.8 Å². The molecule has 8 heteroatoms. The van der Waals surface area contributed by atoms with E-state index < -0.39 is 12.0 Å². The molecule has 0 radical (unpaired) electrons. The summed E-state index contributed by atoms with van der Waals surface area (Å²) in [5.74, 6) is -1.07. The van der Waals surface area contributed by atoms with Crippen molar-refractivity contribution < 1.29 is 18.8 Å². The highest BCUT2D eigenvalue weighted by Crippen LogP contribution is 2.27. The average molecular weight is 376 g/mol. The fourth-order valence-electron chi connectivity index (χ4n) is 2.47. The number of carbonyl (C=O) groups excluding carboxylic acids is 2. The first-order valence-electron chi connectivity index (χ1n) is 7.79. The highest BCUT2D eigenvalue weighted by Gasteiger charge is 2.29. The number of nitrogens with one attached hydrogen (secondary N) is 2. The molecule has 2 aromatic rings. The minimum atomic E-state index is -0.853. The van der Waals surface area contributed by atoms with E-state index in [1.807, 2.05) is 0 Å². The first kappa shape index (κ1) is 17.9. The summed E-state index contributed by atoms with van der Waals surface area (Å²) in [6.07, 6.45) is -0.646. The molecule has 0 unspecified atom stereocenters.